The minimum absolute atomic E-state index is 0.0109. The molecule has 0 spiro atoms. The van der Waals surface area contributed by atoms with Gasteiger partial charge in [0.2, 0.25) is 5.91 Å². The maximum atomic E-state index is 11.8. The van der Waals surface area contributed by atoms with E-state index in [1.54, 1.807) is 16.9 Å². The second kappa shape index (κ2) is 5.79. The number of amides is 1. The van der Waals surface area contributed by atoms with Gasteiger partial charge in [0.1, 0.15) is 5.82 Å². The van der Waals surface area contributed by atoms with Gasteiger partial charge in [-0.05, 0) is 6.92 Å². The molecule has 94 valence electrons. The zero-order valence-electron chi connectivity index (χ0n) is 9.98. The Kier molecular flexibility index (Phi) is 4.11. The highest BCUT2D eigenvalue weighted by Crippen LogP contribution is 2.07. The van der Waals surface area contributed by atoms with Crippen molar-refractivity contribution in [2.45, 2.75) is 25.9 Å². The molecule has 1 amide bonds. The number of hydrogen-bond acceptors (Lipinski definition) is 4. The summed E-state index contributed by atoms with van der Waals surface area (Å²) in [6.45, 7) is 4.86. The van der Waals surface area contributed by atoms with Gasteiger partial charge in [-0.2, -0.15) is 5.10 Å². The predicted molar refractivity (Wildman–Crippen MR) is 63.8 cm³/mol. The third kappa shape index (κ3) is 3.28. The van der Waals surface area contributed by atoms with E-state index in [0.29, 0.717) is 13.0 Å². The summed E-state index contributed by atoms with van der Waals surface area (Å²) in [4.78, 5) is 11.8. The minimum atomic E-state index is -0.0109. The summed E-state index contributed by atoms with van der Waals surface area (Å²) in [6.07, 6.45) is 2.11. The van der Waals surface area contributed by atoms with E-state index in [4.69, 9.17) is 4.74 Å². The fourth-order valence-corrected chi connectivity index (χ4v) is 1.86. The summed E-state index contributed by atoms with van der Waals surface area (Å²) in [6, 6.07) is 1.91. The molecule has 1 aromatic heterocycles. The topological polar surface area (TPSA) is 68.2 Å². The van der Waals surface area contributed by atoms with Crippen LogP contribution in [0.1, 0.15) is 13.3 Å². The maximum Gasteiger partial charge on any atom is 0.227 e. The lowest BCUT2D eigenvalue weighted by Gasteiger charge is -2.23. The molecule has 17 heavy (non-hydrogen) atoms. The van der Waals surface area contributed by atoms with Crippen LogP contribution in [-0.4, -0.2) is 41.5 Å². The first kappa shape index (κ1) is 12.1. The van der Waals surface area contributed by atoms with E-state index in [-0.39, 0.29) is 11.9 Å². The van der Waals surface area contributed by atoms with Crippen molar-refractivity contribution in [1.82, 2.24) is 15.1 Å². The van der Waals surface area contributed by atoms with Gasteiger partial charge in [0, 0.05) is 31.6 Å². The molecule has 2 heterocycles. The van der Waals surface area contributed by atoms with Gasteiger partial charge < -0.3 is 15.4 Å². The van der Waals surface area contributed by atoms with Gasteiger partial charge in [-0.1, -0.05) is 0 Å². The van der Waals surface area contributed by atoms with Crippen molar-refractivity contribution in [3.05, 3.63) is 12.3 Å². The number of nitrogens with zero attached hydrogens (tertiary/aromatic N) is 2. The lowest BCUT2D eigenvalue weighted by atomic mass is 10.2. The Morgan fingerprint density at radius 1 is 1.76 bits per heavy atom. The fourth-order valence-electron chi connectivity index (χ4n) is 1.86. The Hall–Kier alpha value is -1.40. The average molecular weight is 238 g/mol. The van der Waals surface area contributed by atoms with Crippen LogP contribution in [0.25, 0.3) is 0 Å². The molecule has 0 radical (unpaired) electrons. The summed E-state index contributed by atoms with van der Waals surface area (Å²) in [5.41, 5.74) is 0. The van der Waals surface area contributed by atoms with Crippen LogP contribution >= 0.6 is 0 Å². The van der Waals surface area contributed by atoms with Gasteiger partial charge in [0.15, 0.2) is 0 Å². The first-order valence-corrected chi connectivity index (χ1v) is 5.92. The third-order valence-electron chi connectivity index (χ3n) is 2.71. The molecule has 0 bridgehead atoms. The van der Waals surface area contributed by atoms with Crippen LogP contribution in [0.4, 0.5) is 5.82 Å². The smallest absolute Gasteiger partial charge is 0.227 e. The summed E-state index contributed by atoms with van der Waals surface area (Å²) in [5.74, 6) is 0.734. The molecular weight excluding hydrogens is 220 g/mol. The molecule has 1 fully saturated rings. The zero-order valence-corrected chi connectivity index (χ0v) is 9.98. The van der Waals surface area contributed by atoms with Crippen molar-refractivity contribution in [2.24, 2.45) is 0 Å². The highest BCUT2D eigenvalue weighted by Gasteiger charge is 2.17. The summed E-state index contributed by atoms with van der Waals surface area (Å²) in [7, 11) is 0. The maximum absolute atomic E-state index is 11.8. The number of hydrogen-bond donors (Lipinski definition) is 2. The summed E-state index contributed by atoms with van der Waals surface area (Å²) >= 11 is 0. The fraction of sp³-hybridized carbons (Fsp3) is 0.636. The van der Waals surface area contributed by atoms with Crippen LogP contribution in [0.3, 0.4) is 0 Å². The summed E-state index contributed by atoms with van der Waals surface area (Å²) in [5, 5.41) is 10.2. The SMILES string of the molecule is CCn1nccc1NC(=O)CC1COCCN1. The molecule has 1 saturated heterocycles. The predicted octanol–water partition coefficient (Wildman–Crippen LogP) is 0.220. The Morgan fingerprint density at radius 2 is 2.65 bits per heavy atom. The number of morpholine rings is 1. The lowest BCUT2D eigenvalue weighted by Crippen LogP contribution is -2.43. The third-order valence-corrected chi connectivity index (χ3v) is 2.71. The molecule has 2 N–H and O–H groups in total. The number of rotatable bonds is 4. The van der Waals surface area contributed by atoms with Crippen LogP contribution in [0, 0.1) is 0 Å². The standard InChI is InChI=1S/C11H18N4O2/c1-2-15-10(3-4-13-15)14-11(16)7-9-8-17-6-5-12-9/h3-4,9,12H,2,5-8H2,1H3,(H,14,16). The average Bonchev–Trinajstić information content (AvgIpc) is 2.77. The number of anilines is 1. The van der Waals surface area contributed by atoms with Gasteiger partial charge in [0.05, 0.1) is 19.4 Å². The molecule has 0 aromatic carbocycles. The van der Waals surface area contributed by atoms with Crippen molar-refractivity contribution in [3.8, 4) is 0 Å². The number of ether oxygens (including phenoxy) is 1. The van der Waals surface area contributed by atoms with E-state index in [1.165, 1.54) is 0 Å². The quantitative estimate of drug-likeness (QED) is 0.787. The molecule has 1 aromatic rings. The molecule has 6 nitrogen and oxygen atoms in total. The zero-order chi connectivity index (χ0) is 12.1. The van der Waals surface area contributed by atoms with Crippen LogP contribution in [0.5, 0.6) is 0 Å². The molecule has 1 unspecified atom stereocenters. The van der Waals surface area contributed by atoms with Crippen molar-refractivity contribution < 1.29 is 9.53 Å². The molecule has 6 heteroatoms. The Balaban J connectivity index is 1.84. The van der Waals surface area contributed by atoms with Crippen molar-refractivity contribution in [2.75, 3.05) is 25.1 Å². The second-order valence-electron chi connectivity index (χ2n) is 4.01. The first-order chi connectivity index (χ1) is 8.29. The lowest BCUT2D eigenvalue weighted by molar-refractivity contribution is -0.117. The molecule has 1 aliphatic rings. The van der Waals surface area contributed by atoms with Crippen LogP contribution in [0.2, 0.25) is 0 Å². The molecule has 2 rings (SSSR count). The molecule has 1 atom stereocenters. The Morgan fingerprint density at radius 3 is 3.35 bits per heavy atom. The second-order valence-corrected chi connectivity index (χ2v) is 4.01. The minimum Gasteiger partial charge on any atom is -0.378 e. The Bertz CT molecular complexity index is 371. The first-order valence-electron chi connectivity index (χ1n) is 5.92. The number of aryl methyl sites for hydroxylation is 1. The number of nitrogens with one attached hydrogen (secondary N) is 2. The van der Waals surface area contributed by atoms with Gasteiger partial charge in [-0.15, -0.1) is 0 Å². The number of carbonyl (C=O) groups excluding carboxylic acids is 1. The van der Waals surface area contributed by atoms with E-state index in [1.807, 2.05) is 6.92 Å². The van der Waals surface area contributed by atoms with E-state index in [9.17, 15) is 4.79 Å². The Labute approximate surface area is 100 Å². The van der Waals surface area contributed by atoms with Crippen LogP contribution in [0.15, 0.2) is 12.3 Å². The van der Waals surface area contributed by atoms with Gasteiger partial charge in [0.25, 0.3) is 0 Å². The number of carbonyl (C=O) groups is 1. The van der Waals surface area contributed by atoms with E-state index in [0.717, 1.165) is 25.5 Å². The van der Waals surface area contributed by atoms with E-state index in [2.05, 4.69) is 15.7 Å². The number of aromatic nitrogens is 2. The van der Waals surface area contributed by atoms with Gasteiger partial charge in [-0.3, -0.25) is 4.79 Å². The monoisotopic (exact) mass is 238 g/mol. The van der Waals surface area contributed by atoms with Gasteiger partial charge >= 0.3 is 0 Å². The molecule has 0 saturated carbocycles. The highest BCUT2D eigenvalue weighted by atomic mass is 16.5. The molecular formula is C11H18N4O2. The normalized spacial score (nSPS) is 20.2. The van der Waals surface area contributed by atoms with Gasteiger partial charge in [-0.25, -0.2) is 4.68 Å². The van der Waals surface area contributed by atoms with E-state index >= 15 is 0 Å². The molecule has 0 aliphatic carbocycles. The van der Waals surface area contributed by atoms with E-state index < -0.39 is 0 Å². The van der Waals surface area contributed by atoms with Crippen molar-refractivity contribution in [1.29, 1.82) is 0 Å². The van der Waals surface area contributed by atoms with Crippen LogP contribution < -0.4 is 10.6 Å². The highest BCUT2D eigenvalue weighted by molar-refractivity contribution is 5.90. The van der Waals surface area contributed by atoms with Crippen molar-refractivity contribution >= 4 is 11.7 Å². The summed E-state index contributed by atoms with van der Waals surface area (Å²) < 4.78 is 7.06. The van der Waals surface area contributed by atoms with Crippen molar-refractivity contribution in [3.63, 3.8) is 0 Å². The van der Waals surface area contributed by atoms with Crippen LogP contribution in [-0.2, 0) is 16.1 Å². The molecule has 1 aliphatic heterocycles. The largest absolute Gasteiger partial charge is 0.378 e.